The average Bonchev–Trinajstić information content (AvgIpc) is 1.95. The first-order valence-corrected chi connectivity index (χ1v) is 2.36. The van der Waals surface area contributed by atoms with Crippen molar-refractivity contribution in [3.8, 4) is 0 Å². The fourth-order valence-corrected chi connectivity index (χ4v) is 0.394. The molecule has 0 aromatic carbocycles. The predicted molar refractivity (Wildman–Crippen MR) is 29.8 cm³/mol. The quantitative estimate of drug-likeness (QED) is 0.394. The molecule has 0 unspecified atom stereocenters. The minimum atomic E-state index is -1.51. The van der Waals surface area contributed by atoms with E-state index in [1.54, 1.807) is 0 Å². The van der Waals surface area contributed by atoms with Crippen molar-refractivity contribution in [1.29, 1.82) is 0 Å². The van der Waals surface area contributed by atoms with Crippen LogP contribution in [0.15, 0.2) is 0 Å². The molecule has 0 amide bonds. The van der Waals surface area contributed by atoms with Gasteiger partial charge in [-0.25, -0.2) is 0 Å². The van der Waals surface area contributed by atoms with Crippen LogP contribution in [-0.4, -0.2) is 33.6 Å². The third-order valence-electron chi connectivity index (χ3n) is 0.998. The number of carbonyl (C=O) groups is 1. The molecule has 0 spiro atoms. The smallest absolute Gasteiger partial charge is 0.325 e. The fraction of sp³-hybridized carbons (Fsp3) is 0.800. The fourth-order valence-electron chi connectivity index (χ4n) is 0.394. The molecule has 0 atom stereocenters. The van der Waals surface area contributed by atoms with Crippen LogP contribution in [0.2, 0.25) is 0 Å². The van der Waals surface area contributed by atoms with Gasteiger partial charge in [0.15, 0.2) is 0 Å². The molecular weight excluding hydrogens is 124 g/mol. The molecule has 0 bridgehead atoms. The lowest BCUT2D eigenvalue weighted by atomic mass is 10.6. The average molecular weight is 134 g/mol. The molecule has 0 radical (unpaired) electrons. The van der Waals surface area contributed by atoms with E-state index >= 15 is 0 Å². The third-order valence-corrected chi connectivity index (χ3v) is 0.998. The van der Waals surface area contributed by atoms with Crippen LogP contribution in [-0.2, 0) is 19.0 Å². The van der Waals surface area contributed by atoms with Crippen LogP contribution in [0.25, 0.3) is 0 Å². The summed E-state index contributed by atoms with van der Waals surface area (Å²) in [5.41, 5.74) is 0. The molecule has 9 heavy (non-hydrogen) atoms. The first-order chi connectivity index (χ1) is 4.24. The lowest BCUT2D eigenvalue weighted by Crippen LogP contribution is -2.37. The van der Waals surface area contributed by atoms with E-state index in [1.165, 1.54) is 21.3 Å². The van der Waals surface area contributed by atoms with Gasteiger partial charge in [-0.3, -0.25) is 4.79 Å². The summed E-state index contributed by atoms with van der Waals surface area (Å²) >= 11 is 0. The van der Waals surface area contributed by atoms with Gasteiger partial charge in [0.1, 0.15) is 0 Å². The number of carbonyl (C=O) groups excluding carboxylic acids is 1. The molecule has 0 fully saturated rings. The Bertz CT molecular complexity index is 78.7. The second-order valence-electron chi connectivity index (χ2n) is 1.33. The first kappa shape index (κ1) is 8.55. The zero-order valence-electron chi connectivity index (χ0n) is 5.71. The van der Waals surface area contributed by atoms with Crippen molar-refractivity contribution < 1.29 is 19.0 Å². The van der Waals surface area contributed by atoms with Crippen LogP contribution < -0.4 is 0 Å². The van der Waals surface area contributed by atoms with Gasteiger partial charge in [0.05, 0.1) is 0 Å². The minimum Gasteiger partial charge on any atom is -0.325 e. The van der Waals surface area contributed by atoms with E-state index in [4.69, 9.17) is 0 Å². The highest BCUT2D eigenvalue weighted by Crippen LogP contribution is 2.06. The van der Waals surface area contributed by atoms with E-state index < -0.39 is 5.97 Å². The molecule has 0 aromatic rings. The van der Waals surface area contributed by atoms with Gasteiger partial charge in [-0.1, -0.05) is 0 Å². The monoisotopic (exact) mass is 134 g/mol. The summed E-state index contributed by atoms with van der Waals surface area (Å²) in [5, 5.41) is 0. The Morgan fingerprint density at radius 3 is 1.44 bits per heavy atom. The molecule has 0 aromatic heterocycles. The van der Waals surface area contributed by atoms with Crippen molar-refractivity contribution in [3.63, 3.8) is 0 Å². The maximum atomic E-state index is 10.1. The van der Waals surface area contributed by atoms with Gasteiger partial charge in [-0.05, 0) is 0 Å². The molecule has 0 aliphatic carbocycles. The van der Waals surface area contributed by atoms with Crippen LogP contribution in [0.1, 0.15) is 0 Å². The van der Waals surface area contributed by atoms with E-state index in [-0.39, 0.29) is 0 Å². The Morgan fingerprint density at radius 2 is 1.44 bits per heavy atom. The minimum absolute atomic E-state index is 0.437. The number of methoxy groups -OCH3 is 3. The summed E-state index contributed by atoms with van der Waals surface area (Å²) in [6, 6.07) is 0. The number of aldehydes is 1. The number of ether oxygens (including phenoxy) is 3. The van der Waals surface area contributed by atoms with Crippen LogP contribution in [0.4, 0.5) is 0 Å². The third kappa shape index (κ3) is 1.74. The highest BCUT2D eigenvalue weighted by Gasteiger charge is 2.28. The summed E-state index contributed by atoms with van der Waals surface area (Å²) in [7, 11) is 3.96. The Morgan fingerprint density at radius 1 is 1.11 bits per heavy atom. The first-order valence-electron chi connectivity index (χ1n) is 2.36. The Balaban J connectivity index is 3.98. The topological polar surface area (TPSA) is 44.8 Å². The van der Waals surface area contributed by atoms with Gasteiger partial charge in [0.2, 0.25) is 6.29 Å². The number of hydrogen-bond donors (Lipinski definition) is 0. The molecule has 0 aliphatic rings. The van der Waals surface area contributed by atoms with Crippen LogP contribution in [0.3, 0.4) is 0 Å². The lowest BCUT2D eigenvalue weighted by Gasteiger charge is -2.21. The van der Waals surface area contributed by atoms with Crippen LogP contribution >= 0.6 is 0 Å². The summed E-state index contributed by atoms with van der Waals surface area (Å²) in [5.74, 6) is -1.51. The summed E-state index contributed by atoms with van der Waals surface area (Å²) in [4.78, 5) is 10.1. The molecule has 4 nitrogen and oxygen atoms in total. The van der Waals surface area contributed by atoms with Crippen molar-refractivity contribution >= 4 is 6.29 Å². The van der Waals surface area contributed by atoms with Crippen molar-refractivity contribution in [2.45, 2.75) is 5.97 Å². The van der Waals surface area contributed by atoms with Gasteiger partial charge in [-0.2, -0.15) is 0 Å². The lowest BCUT2D eigenvalue weighted by molar-refractivity contribution is -0.318. The normalized spacial score (nSPS) is 11.4. The maximum Gasteiger partial charge on any atom is 0.342 e. The molecule has 0 rings (SSSR count). The zero-order chi connectivity index (χ0) is 7.33. The van der Waals surface area contributed by atoms with E-state index in [9.17, 15) is 4.79 Å². The predicted octanol–water partition coefficient (Wildman–Crippen LogP) is -0.222. The Kier molecular flexibility index (Phi) is 3.37. The molecule has 4 heteroatoms. The molecule has 0 aliphatic heterocycles. The summed E-state index contributed by atoms with van der Waals surface area (Å²) in [6.07, 6.45) is 0.437. The zero-order valence-corrected chi connectivity index (χ0v) is 5.71. The maximum absolute atomic E-state index is 10.1. The van der Waals surface area contributed by atoms with Crippen molar-refractivity contribution in [2.24, 2.45) is 0 Å². The SMILES string of the molecule is COC(C=O)(OC)OC. The summed E-state index contributed by atoms with van der Waals surface area (Å²) < 4.78 is 13.7. The number of hydrogen-bond acceptors (Lipinski definition) is 4. The molecule has 0 N–H and O–H groups in total. The number of rotatable bonds is 4. The van der Waals surface area contributed by atoms with Gasteiger partial charge >= 0.3 is 5.97 Å². The van der Waals surface area contributed by atoms with Crippen molar-refractivity contribution in [1.82, 2.24) is 0 Å². The molecule has 0 saturated heterocycles. The Hall–Kier alpha value is -0.450. The second kappa shape index (κ2) is 3.55. The van der Waals surface area contributed by atoms with E-state index in [2.05, 4.69) is 14.2 Å². The van der Waals surface area contributed by atoms with Gasteiger partial charge in [0, 0.05) is 21.3 Å². The van der Waals surface area contributed by atoms with Gasteiger partial charge in [-0.15, -0.1) is 0 Å². The van der Waals surface area contributed by atoms with Crippen LogP contribution in [0.5, 0.6) is 0 Å². The van der Waals surface area contributed by atoms with Gasteiger partial charge in [0.25, 0.3) is 0 Å². The standard InChI is InChI=1S/C5H10O4/c1-7-5(4-6,8-2)9-3/h4H,1-3H3. The second-order valence-corrected chi connectivity index (χ2v) is 1.33. The van der Waals surface area contributed by atoms with Gasteiger partial charge < -0.3 is 14.2 Å². The summed E-state index contributed by atoms with van der Waals surface area (Å²) in [6.45, 7) is 0. The molecule has 0 saturated carbocycles. The molecule has 54 valence electrons. The largest absolute Gasteiger partial charge is 0.342 e. The highest BCUT2D eigenvalue weighted by atomic mass is 16.9. The van der Waals surface area contributed by atoms with Crippen molar-refractivity contribution in [2.75, 3.05) is 21.3 Å². The molecular formula is C5H10O4. The van der Waals surface area contributed by atoms with E-state index in [0.717, 1.165) is 0 Å². The Labute approximate surface area is 53.7 Å². The van der Waals surface area contributed by atoms with Crippen LogP contribution in [0, 0.1) is 0 Å². The highest BCUT2D eigenvalue weighted by molar-refractivity contribution is 5.57. The van der Waals surface area contributed by atoms with Crippen molar-refractivity contribution in [3.05, 3.63) is 0 Å². The van der Waals surface area contributed by atoms with E-state index in [0.29, 0.717) is 6.29 Å². The molecule has 0 heterocycles. The van der Waals surface area contributed by atoms with E-state index in [1.807, 2.05) is 0 Å².